The van der Waals surface area contributed by atoms with Gasteiger partial charge in [0.05, 0.1) is 7.11 Å². The normalized spacial score (nSPS) is 14.1. The molecule has 90 valence electrons. The zero-order chi connectivity index (χ0) is 12.5. The van der Waals surface area contributed by atoms with Gasteiger partial charge in [0.1, 0.15) is 5.69 Å². The van der Waals surface area contributed by atoms with Crippen LogP contribution in [0.3, 0.4) is 0 Å². The monoisotopic (exact) mass is 239 g/mol. The van der Waals surface area contributed by atoms with Crippen LogP contribution in [0.5, 0.6) is 0 Å². The number of esters is 1. The van der Waals surface area contributed by atoms with E-state index in [4.69, 9.17) is 0 Å². The van der Waals surface area contributed by atoms with Gasteiger partial charge in [0.15, 0.2) is 0 Å². The van der Waals surface area contributed by atoms with E-state index >= 15 is 0 Å². The number of fused-ring (bicyclic) bond motifs is 1. The van der Waals surface area contributed by atoms with Crippen molar-refractivity contribution in [2.45, 2.75) is 12.8 Å². The van der Waals surface area contributed by atoms with E-state index in [1.165, 1.54) is 20.0 Å². The Kier molecular flexibility index (Phi) is 2.56. The van der Waals surface area contributed by atoms with Crippen LogP contribution in [0.25, 0.3) is 10.9 Å². The van der Waals surface area contributed by atoms with Gasteiger partial charge in [-0.15, -0.1) is 0 Å². The van der Waals surface area contributed by atoms with E-state index < -0.39 is 0 Å². The van der Waals surface area contributed by atoms with E-state index in [-0.39, 0.29) is 5.97 Å². The smallest absolute Gasteiger partial charge is 0.354 e. The van der Waals surface area contributed by atoms with Gasteiger partial charge in [0.2, 0.25) is 0 Å². The van der Waals surface area contributed by atoms with Crippen LogP contribution >= 0.6 is 0 Å². The number of hydrogen-bond acceptors (Lipinski definition) is 2. The fraction of sp³-hybridized carbons (Fsp3) is 0.267. The van der Waals surface area contributed by atoms with Crippen molar-refractivity contribution in [1.29, 1.82) is 0 Å². The number of aromatic amines is 1. The lowest BCUT2D eigenvalue weighted by molar-refractivity contribution is 0.0595. The first-order valence-electron chi connectivity index (χ1n) is 5.99. The van der Waals surface area contributed by atoms with Crippen molar-refractivity contribution in [3.8, 4) is 11.8 Å². The summed E-state index contributed by atoms with van der Waals surface area (Å²) in [5.41, 5.74) is 2.37. The topological polar surface area (TPSA) is 42.1 Å². The molecule has 3 nitrogen and oxygen atoms in total. The van der Waals surface area contributed by atoms with Crippen LogP contribution in [0.1, 0.15) is 28.9 Å². The summed E-state index contributed by atoms with van der Waals surface area (Å²) in [5.74, 6) is 6.63. The second kappa shape index (κ2) is 4.23. The van der Waals surface area contributed by atoms with E-state index in [1.807, 2.05) is 18.2 Å². The molecule has 1 aromatic heterocycles. The number of benzene rings is 1. The minimum atomic E-state index is -0.350. The fourth-order valence-corrected chi connectivity index (χ4v) is 1.84. The Hall–Kier alpha value is -2.21. The molecular formula is C15H13NO2. The van der Waals surface area contributed by atoms with Crippen LogP contribution < -0.4 is 0 Å². The first kappa shape index (κ1) is 10.9. The van der Waals surface area contributed by atoms with E-state index in [9.17, 15) is 4.79 Å². The quantitative estimate of drug-likeness (QED) is 0.614. The molecule has 3 rings (SSSR count). The van der Waals surface area contributed by atoms with Gasteiger partial charge in [-0.2, -0.15) is 0 Å². The van der Waals surface area contributed by atoms with Crippen molar-refractivity contribution in [1.82, 2.24) is 4.98 Å². The van der Waals surface area contributed by atoms with Crippen molar-refractivity contribution in [3.05, 3.63) is 35.5 Å². The summed E-state index contributed by atoms with van der Waals surface area (Å²) in [4.78, 5) is 14.5. The lowest BCUT2D eigenvalue weighted by Gasteiger charge is -1.92. The largest absolute Gasteiger partial charge is 0.464 e. The Morgan fingerprint density at radius 1 is 1.39 bits per heavy atom. The van der Waals surface area contributed by atoms with Crippen molar-refractivity contribution in [3.63, 3.8) is 0 Å². The van der Waals surface area contributed by atoms with Crippen molar-refractivity contribution in [2.75, 3.05) is 7.11 Å². The number of carbonyl (C=O) groups is 1. The zero-order valence-electron chi connectivity index (χ0n) is 10.1. The van der Waals surface area contributed by atoms with Gasteiger partial charge in [0.25, 0.3) is 0 Å². The number of ether oxygens (including phenoxy) is 1. The van der Waals surface area contributed by atoms with Gasteiger partial charge in [-0.1, -0.05) is 17.9 Å². The third kappa shape index (κ3) is 2.10. The van der Waals surface area contributed by atoms with E-state index in [1.54, 1.807) is 6.07 Å². The molecule has 1 aliphatic carbocycles. The molecule has 1 aromatic carbocycles. The van der Waals surface area contributed by atoms with Gasteiger partial charge >= 0.3 is 5.97 Å². The molecule has 0 atom stereocenters. The number of carbonyl (C=O) groups excluding carboxylic acids is 1. The van der Waals surface area contributed by atoms with E-state index in [0.717, 1.165) is 16.5 Å². The first-order valence-corrected chi connectivity index (χ1v) is 5.99. The molecule has 0 radical (unpaired) electrons. The standard InChI is InChI=1S/C15H13NO2/c1-18-15(17)14-9-12-7-6-11(8-13(12)16-14)5-4-10-2-3-10/h6-10,16H,2-3H2,1H3. The maximum atomic E-state index is 11.4. The number of methoxy groups -OCH3 is 1. The summed E-state index contributed by atoms with van der Waals surface area (Å²) < 4.78 is 4.69. The van der Waals surface area contributed by atoms with E-state index in [0.29, 0.717) is 11.6 Å². The first-order chi connectivity index (χ1) is 8.76. The van der Waals surface area contributed by atoms with Crippen molar-refractivity contribution in [2.24, 2.45) is 5.92 Å². The fourth-order valence-electron chi connectivity index (χ4n) is 1.84. The van der Waals surface area contributed by atoms with Gasteiger partial charge in [-0.25, -0.2) is 4.79 Å². The Morgan fingerprint density at radius 2 is 2.22 bits per heavy atom. The van der Waals surface area contributed by atoms with Crippen LogP contribution in [-0.4, -0.2) is 18.1 Å². The Morgan fingerprint density at radius 3 is 2.94 bits per heavy atom. The van der Waals surface area contributed by atoms with Gasteiger partial charge in [-0.05, 0) is 31.0 Å². The zero-order valence-corrected chi connectivity index (χ0v) is 10.1. The summed E-state index contributed by atoms with van der Waals surface area (Å²) in [6.45, 7) is 0. The van der Waals surface area contributed by atoms with Crippen LogP contribution in [0.2, 0.25) is 0 Å². The Bertz CT molecular complexity index is 669. The van der Waals surface area contributed by atoms with Crippen molar-refractivity contribution >= 4 is 16.9 Å². The van der Waals surface area contributed by atoms with E-state index in [2.05, 4.69) is 21.6 Å². The second-order valence-electron chi connectivity index (χ2n) is 4.52. The van der Waals surface area contributed by atoms with Gasteiger partial charge in [-0.3, -0.25) is 0 Å². The molecule has 18 heavy (non-hydrogen) atoms. The molecule has 1 heterocycles. The van der Waals surface area contributed by atoms with Gasteiger partial charge < -0.3 is 9.72 Å². The molecule has 1 fully saturated rings. The number of rotatable bonds is 1. The summed E-state index contributed by atoms with van der Waals surface area (Å²) in [7, 11) is 1.38. The summed E-state index contributed by atoms with van der Waals surface area (Å²) in [6, 6.07) is 7.71. The Labute approximate surface area is 105 Å². The lowest BCUT2D eigenvalue weighted by atomic mass is 10.1. The highest BCUT2D eigenvalue weighted by Gasteiger charge is 2.17. The molecule has 1 N–H and O–H groups in total. The number of aromatic nitrogens is 1. The average molecular weight is 239 g/mol. The number of hydrogen-bond donors (Lipinski definition) is 1. The maximum absolute atomic E-state index is 11.4. The summed E-state index contributed by atoms with van der Waals surface area (Å²) in [5, 5.41) is 0.993. The molecule has 0 spiro atoms. The molecule has 0 amide bonds. The minimum Gasteiger partial charge on any atom is -0.464 e. The third-order valence-electron chi connectivity index (χ3n) is 3.03. The van der Waals surface area contributed by atoms with Crippen molar-refractivity contribution < 1.29 is 9.53 Å². The number of H-pyrrole nitrogens is 1. The predicted molar refractivity (Wildman–Crippen MR) is 69.2 cm³/mol. The second-order valence-corrected chi connectivity index (χ2v) is 4.52. The molecule has 0 saturated heterocycles. The lowest BCUT2D eigenvalue weighted by Crippen LogP contribution is -2.00. The maximum Gasteiger partial charge on any atom is 0.354 e. The molecule has 1 saturated carbocycles. The van der Waals surface area contributed by atoms with Crippen LogP contribution in [-0.2, 0) is 4.74 Å². The summed E-state index contributed by atoms with van der Waals surface area (Å²) in [6.07, 6.45) is 2.45. The molecule has 3 heteroatoms. The third-order valence-corrected chi connectivity index (χ3v) is 3.03. The Balaban J connectivity index is 1.96. The number of nitrogens with one attached hydrogen (secondary N) is 1. The van der Waals surface area contributed by atoms with Crippen LogP contribution in [0.15, 0.2) is 24.3 Å². The highest BCUT2D eigenvalue weighted by atomic mass is 16.5. The molecule has 0 bridgehead atoms. The average Bonchev–Trinajstić information content (AvgIpc) is 3.12. The molecule has 0 aliphatic heterocycles. The highest BCUT2D eigenvalue weighted by Crippen LogP contribution is 2.27. The molecule has 2 aromatic rings. The summed E-state index contributed by atoms with van der Waals surface area (Å²) >= 11 is 0. The minimum absolute atomic E-state index is 0.350. The highest BCUT2D eigenvalue weighted by molar-refractivity contribution is 5.95. The molecule has 1 aliphatic rings. The van der Waals surface area contributed by atoms with Gasteiger partial charge in [0, 0.05) is 22.4 Å². The molecular weight excluding hydrogens is 226 g/mol. The van der Waals surface area contributed by atoms with Crippen LogP contribution in [0, 0.1) is 17.8 Å². The predicted octanol–water partition coefficient (Wildman–Crippen LogP) is 2.72. The van der Waals surface area contributed by atoms with Crippen LogP contribution in [0.4, 0.5) is 0 Å². The SMILES string of the molecule is COC(=O)c1cc2ccc(C#CC3CC3)cc2[nH]1. The molecule has 0 unspecified atom stereocenters.